The Hall–Kier alpha value is -2.06. The number of carbonyl (C=O) groups is 1. The Morgan fingerprint density at radius 3 is 2.41 bits per heavy atom. The Balaban J connectivity index is 0.00000338. The summed E-state index contributed by atoms with van der Waals surface area (Å²) in [5, 5.41) is 2.83. The maximum Gasteiger partial charge on any atom is 0.222 e. The fourth-order valence-electron chi connectivity index (χ4n) is 2.12. The van der Waals surface area contributed by atoms with E-state index in [4.69, 9.17) is 19.9 Å². The van der Waals surface area contributed by atoms with E-state index in [1.54, 1.807) is 31.5 Å². The number of amides is 1. The first kappa shape index (κ1) is 24.9. The SMILES string of the molecule is COc1ccc(Oc2cc(CNC(=O)CC(CN)OC)ccn2)cc1.Cl.Cl. The van der Waals surface area contributed by atoms with Crippen LogP contribution >= 0.6 is 24.8 Å². The van der Waals surface area contributed by atoms with Gasteiger partial charge in [-0.05, 0) is 35.9 Å². The zero-order chi connectivity index (χ0) is 18.1. The lowest BCUT2D eigenvalue weighted by Gasteiger charge is -2.13. The molecule has 150 valence electrons. The van der Waals surface area contributed by atoms with Gasteiger partial charge in [-0.2, -0.15) is 0 Å². The molecule has 1 aromatic carbocycles. The lowest BCUT2D eigenvalue weighted by atomic mass is 10.2. The average Bonchev–Trinajstić information content (AvgIpc) is 2.65. The number of pyridine rings is 1. The van der Waals surface area contributed by atoms with Crippen molar-refractivity contribution in [2.45, 2.75) is 19.1 Å². The van der Waals surface area contributed by atoms with E-state index < -0.39 is 0 Å². The zero-order valence-corrected chi connectivity index (χ0v) is 16.8. The predicted octanol–water partition coefficient (Wildman–Crippen LogP) is 2.71. The standard InChI is InChI=1S/C18H23N3O4.2ClH/c1-23-14-3-5-15(6-4-14)25-18-9-13(7-8-20-18)12-21-17(22)10-16(11-19)24-2;;/h3-9,16H,10-12,19H2,1-2H3,(H,21,22);2*1H. The highest BCUT2D eigenvalue weighted by Gasteiger charge is 2.11. The minimum absolute atomic E-state index is 0. The molecule has 1 heterocycles. The Bertz CT molecular complexity index is 683. The number of nitrogens with two attached hydrogens (primary N) is 1. The molecule has 1 atom stereocenters. The van der Waals surface area contributed by atoms with E-state index in [-0.39, 0.29) is 43.2 Å². The van der Waals surface area contributed by atoms with Crippen LogP contribution in [0.4, 0.5) is 0 Å². The summed E-state index contributed by atoms with van der Waals surface area (Å²) >= 11 is 0. The molecule has 9 heteroatoms. The quantitative estimate of drug-likeness (QED) is 0.650. The highest BCUT2D eigenvalue weighted by molar-refractivity contribution is 5.85. The van der Waals surface area contributed by atoms with E-state index in [9.17, 15) is 4.79 Å². The van der Waals surface area contributed by atoms with Crippen LogP contribution in [0.3, 0.4) is 0 Å². The van der Waals surface area contributed by atoms with Crippen LogP contribution in [0.2, 0.25) is 0 Å². The van der Waals surface area contributed by atoms with Crippen molar-refractivity contribution in [3.63, 3.8) is 0 Å². The number of methoxy groups -OCH3 is 2. The maximum absolute atomic E-state index is 11.9. The van der Waals surface area contributed by atoms with Crippen LogP contribution in [-0.2, 0) is 16.1 Å². The minimum atomic E-state index is -0.272. The van der Waals surface area contributed by atoms with Gasteiger partial charge in [0.25, 0.3) is 0 Å². The number of carbonyl (C=O) groups excluding carboxylic acids is 1. The van der Waals surface area contributed by atoms with Gasteiger partial charge in [-0.25, -0.2) is 4.98 Å². The average molecular weight is 418 g/mol. The largest absolute Gasteiger partial charge is 0.497 e. The summed E-state index contributed by atoms with van der Waals surface area (Å²) < 4.78 is 15.9. The van der Waals surface area contributed by atoms with Crippen LogP contribution in [-0.4, -0.2) is 37.8 Å². The van der Waals surface area contributed by atoms with Gasteiger partial charge in [-0.1, -0.05) is 0 Å². The van der Waals surface area contributed by atoms with E-state index in [1.165, 1.54) is 7.11 Å². The molecule has 1 aromatic heterocycles. The number of hydrogen-bond donors (Lipinski definition) is 2. The van der Waals surface area contributed by atoms with Crippen molar-refractivity contribution in [2.75, 3.05) is 20.8 Å². The molecule has 0 fully saturated rings. The predicted molar refractivity (Wildman–Crippen MR) is 108 cm³/mol. The van der Waals surface area contributed by atoms with Crippen LogP contribution < -0.4 is 20.5 Å². The summed E-state index contributed by atoms with van der Waals surface area (Å²) in [7, 11) is 3.15. The number of hydrogen-bond acceptors (Lipinski definition) is 6. The Labute approximate surface area is 171 Å². The molecule has 0 saturated heterocycles. The number of ether oxygens (including phenoxy) is 3. The fraction of sp³-hybridized carbons (Fsp3) is 0.333. The molecule has 27 heavy (non-hydrogen) atoms. The number of rotatable bonds is 9. The second kappa shape index (κ2) is 13.2. The normalized spacial score (nSPS) is 10.8. The lowest BCUT2D eigenvalue weighted by Crippen LogP contribution is -2.31. The second-order valence-corrected chi connectivity index (χ2v) is 5.35. The van der Waals surface area contributed by atoms with E-state index in [2.05, 4.69) is 10.3 Å². The van der Waals surface area contributed by atoms with Crippen molar-refractivity contribution in [2.24, 2.45) is 5.73 Å². The van der Waals surface area contributed by atoms with E-state index in [0.29, 0.717) is 24.7 Å². The first-order chi connectivity index (χ1) is 12.1. The van der Waals surface area contributed by atoms with Crippen molar-refractivity contribution in [3.05, 3.63) is 48.2 Å². The van der Waals surface area contributed by atoms with E-state index in [0.717, 1.165) is 11.3 Å². The third-order valence-corrected chi connectivity index (χ3v) is 3.58. The van der Waals surface area contributed by atoms with Crippen molar-refractivity contribution >= 4 is 30.7 Å². The van der Waals surface area contributed by atoms with Crippen LogP contribution in [0.15, 0.2) is 42.6 Å². The molecule has 0 aliphatic rings. The summed E-state index contributed by atoms with van der Waals surface area (Å²) in [6.45, 7) is 0.681. The zero-order valence-electron chi connectivity index (χ0n) is 15.2. The van der Waals surface area contributed by atoms with Crippen molar-refractivity contribution in [1.29, 1.82) is 0 Å². The van der Waals surface area contributed by atoms with Crippen LogP contribution in [0.25, 0.3) is 0 Å². The topological polar surface area (TPSA) is 95.7 Å². The number of benzene rings is 1. The number of nitrogens with zero attached hydrogens (tertiary/aromatic N) is 1. The van der Waals surface area contributed by atoms with Crippen molar-refractivity contribution in [3.8, 4) is 17.4 Å². The van der Waals surface area contributed by atoms with Crippen LogP contribution in [0.5, 0.6) is 17.4 Å². The van der Waals surface area contributed by atoms with E-state index >= 15 is 0 Å². The molecule has 0 aliphatic carbocycles. The first-order valence-corrected chi connectivity index (χ1v) is 7.91. The Morgan fingerprint density at radius 1 is 1.15 bits per heavy atom. The van der Waals surface area contributed by atoms with Gasteiger partial charge in [0.1, 0.15) is 11.5 Å². The molecule has 7 nitrogen and oxygen atoms in total. The second-order valence-electron chi connectivity index (χ2n) is 5.35. The fourth-order valence-corrected chi connectivity index (χ4v) is 2.12. The van der Waals surface area contributed by atoms with Gasteiger partial charge in [0.05, 0.1) is 19.6 Å². The molecule has 0 bridgehead atoms. The van der Waals surface area contributed by atoms with Gasteiger partial charge in [0.15, 0.2) is 0 Å². The Morgan fingerprint density at radius 2 is 1.81 bits per heavy atom. The summed E-state index contributed by atoms with van der Waals surface area (Å²) in [5.41, 5.74) is 6.40. The molecule has 0 aliphatic heterocycles. The van der Waals surface area contributed by atoms with Gasteiger partial charge in [0, 0.05) is 32.5 Å². The van der Waals surface area contributed by atoms with Gasteiger partial charge in [-0.3, -0.25) is 4.79 Å². The summed E-state index contributed by atoms with van der Waals surface area (Å²) in [6, 6.07) is 10.8. The maximum atomic E-state index is 11.9. The molecule has 0 saturated carbocycles. The minimum Gasteiger partial charge on any atom is -0.497 e. The van der Waals surface area contributed by atoms with Gasteiger partial charge < -0.3 is 25.3 Å². The summed E-state index contributed by atoms with van der Waals surface area (Å²) in [6.07, 6.45) is 1.59. The molecule has 1 unspecified atom stereocenters. The molecular weight excluding hydrogens is 393 g/mol. The molecule has 2 rings (SSSR count). The monoisotopic (exact) mass is 417 g/mol. The molecule has 0 spiro atoms. The number of aromatic nitrogens is 1. The van der Waals surface area contributed by atoms with Gasteiger partial charge >= 0.3 is 0 Å². The number of nitrogens with one attached hydrogen (secondary N) is 1. The van der Waals surface area contributed by atoms with E-state index in [1.807, 2.05) is 18.2 Å². The third-order valence-electron chi connectivity index (χ3n) is 3.58. The first-order valence-electron chi connectivity index (χ1n) is 7.91. The highest BCUT2D eigenvalue weighted by atomic mass is 35.5. The summed E-state index contributed by atoms with van der Waals surface area (Å²) in [4.78, 5) is 16.1. The van der Waals surface area contributed by atoms with Crippen LogP contribution in [0, 0.1) is 0 Å². The lowest BCUT2D eigenvalue weighted by molar-refractivity contribution is -0.123. The molecule has 3 N–H and O–H groups in total. The van der Waals surface area contributed by atoms with Gasteiger partial charge in [-0.15, -0.1) is 24.8 Å². The molecule has 2 aromatic rings. The summed E-state index contributed by atoms with van der Waals surface area (Å²) in [5.74, 6) is 1.74. The van der Waals surface area contributed by atoms with Gasteiger partial charge in [0.2, 0.25) is 11.8 Å². The molecule has 0 radical (unpaired) electrons. The molecular formula is C18H25Cl2N3O4. The Kier molecular flexibility index (Phi) is 12.2. The van der Waals surface area contributed by atoms with Crippen molar-refractivity contribution < 1.29 is 19.0 Å². The number of halogens is 2. The third kappa shape index (κ3) is 8.45. The van der Waals surface area contributed by atoms with Crippen molar-refractivity contribution in [1.82, 2.24) is 10.3 Å². The smallest absolute Gasteiger partial charge is 0.222 e. The van der Waals surface area contributed by atoms with Crippen LogP contribution in [0.1, 0.15) is 12.0 Å². The highest BCUT2D eigenvalue weighted by Crippen LogP contribution is 2.22. The molecule has 1 amide bonds.